The summed E-state index contributed by atoms with van der Waals surface area (Å²) >= 11 is 0. The van der Waals surface area contributed by atoms with Crippen LogP contribution in [0, 0.1) is 12.3 Å². The Morgan fingerprint density at radius 3 is 2.13 bits per heavy atom. The second-order valence-electron chi connectivity index (χ2n) is 6.83. The van der Waals surface area contributed by atoms with Gasteiger partial charge in [-0.25, -0.2) is 0 Å². The molecule has 134 valence electrons. The van der Waals surface area contributed by atoms with Crippen LogP contribution in [0.25, 0.3) is 0 Å². The molecule has 0 spiro atoms. The Kier molecular flexibility index (Phi) is 9.01. The quantitative estimate of drug-likeness (QED) is 0.799. The lowest BCUT2D eigenvalue weighted by Crippen LogP contribution is -2.28. The molecule has 1 heterocycles. The molecule has 1 aliphatic rings. The Hall–Kier alpha value is -0.930. The number of pyridine rings is 1. The van der Waals surface area contributed by atoms with E-state index in [4.69, 9.17) is 4.98 Å². The van der Waals surface area contributed by atoms with Gasteiger partial charge in [0.2, 0.25) is 0 Å². The number of aliphatic hydroxyl groups is 2. The molecule has 1 unspecified atom stereocenters. The van der Waals surface area contributed by atoms with Gasteiger partial charge in [-0.2, -0.15) is 0 Å². The van der Waals surface area contributed by atoms with E-state index in [1.807, 2.05) is 34.6 Å². The zero-order chi connectivity index (χ0) is 18.4. The van der Waals surface area contributed by atoms with Crippen molar-refractivity contribution >= 4 is 0 Å². The average Bonchev–Trinajstić information content (AvgIpc) is 2.49. The molecule has 3 heteroatoms. The van der Waals surface area contributed by atoms with Crippen molar-refractivity contribution in [1.82, 2.24) is 4.98 Å². The minimum Gasteiger partial charge on any atom is -0.392 e. The van der Waals surface area contributed by atoms with E-state index in [1.165, 1.54) is 0 Å². The minimum atomic E-state index is -0.460. The van der Waals surface area contributed by atoms with Crippen LogP contribution in [0.3, 0.4) is 0 Å². The summed E-state index contributed by atoms with van der Waals surface area (Å²) in [7, 11) is 0. The first-order valence-corrected chi connectivity index (χ1v) is 9.08. The fourth-order valence-corrected chi connectivity index (χ4v) is 3.25. The highest BCUT2D eigenvalue weighted by molar-refractivity contribution is 5.43. The van der Waals surface area contributed by atoms with Crippen LogP contribution in [0.4, 0.5) is 0 Å². The second kappa shape index (κ2) is 9.39. The van der Waals surface area contributed by atoms with Gasteiger partial charge in [0.1, 0.15) is 0 Å². The first-order valence-electron chi connectivity index (χ1n) is 9.08. The molecule has 0 aromatic carbocycles. The molecule has 0 saturated heterocycles. The molecule has 1 aromatic heterocycles. The van der Waals surface area contributed by atoms with Crippen LogP contribution >= 0.6 is 0 Å². The highest BCUT2D eigenvalue weighted by Gasteiger charge is 2.34. The van der Waals surface area contributed by atoms with E-state index in [-0.39, 0.29) is 17.9 Å². The zero-order valence-electron chi connectivity index (χ0n) is 16.6. The molecule has 1 aliphatic carbocycles. The molecule has 23 heavy (non-hydrogen) atoms. The number of rotatable bonds is 2. The van der Waals surface area contributed by atoms with Gasteiger partial charge in [-0.1, -0.05) is 55.4 Å². The molecular formula is C20H37NO2. The average molecular weight is 324 g/mol. The summed E-state index contributed by atoms with van der Waals surface area (Å²) < 4.78 is 0. The van der Waals surface area contributed by atoms with Crippen molar-refractivity contribution in [3.63, 3.8) is 0 Å². The van der Waals surface area contributed by atoms with Crippen LogP contribution in [0.1, 0.15) is 102 Å². The predicted molar refractivity (Wildman–Crippen MR) is 98.7 cm³/mol. The maximum Gasteiger partial charge on any atom is 0.0815 e. The van der Waals surface area contributed by atoms with E-state index < -0.39 is 6.10 Å². The first-order chi connectivity index (χ1) is 10.8. The van der Waals surface area contributed by atoms with Gasteiger partial charge in [0.15, 0.2) is 0 Å². The largest absolute Gasteiger partial charge is 0.392 e. The van der Waals surface area contributed by atoms with Gasteiger partial charge in [0.25, 0.3) is 0 Å². The molecule has 1 atom stereocenters. The van der Waals surface area contributed by atoms with Crippen LogP contribution in [0.15, 0.2) is 0 Å². The monoisotopic (exact) mass is 323 g/mol. The topological polar surface area (TPSA) is 53.4 Å². The molecule has 0 aliphatic heterocycles. The smallest absolute Gasteiger partial charge is 0.0815 e. The molecule has 2 rings (SSSR count). The van der Waals surface area contributed by atoms with E-state index in [2.05, 4.69) is 27.7 Å². The van der Waals surface area contributed by atoms with E-state index >= 15 is 0 Å². The van der Waals surface area contributed by atoms with Gasteiger partial charge >= 0.3 is 0 Å². The number of fused-ring (bicyclic) bond motifs is 1. The highest BCUT2D eigenvalue weighted by atomic mass is 16.3. The Bertz CT molecular complexity index is 493. The van der Waals surface area contributed by atoms with Gasteiger partial charge in [0.05, 0.1) is 12.7 Å². The molecule has 1 aromatic rings. The third-order valence-corrected chi connectivity index (χ3v) is 4.16. The molecule has 0 amide bonds. The number of hydrogen-bond acceptors (Lipinski definition) is 3. The number of aliphatic hydroxyl groups excluding tert-OH is 2. The molecule has 2 N–H and O–H groups in total. The fourth-order valence-electron chi connectivity index (χ4n) is 3.25. The van der Waals surface area contributed by atoms with Gasteiger partial charge in [-0.05, 0) is 36.7 Å². The Morgan fingerprint density at radius 1 is 1.17 bits per heavy atom. The summed E-state index contributed by atoms with van der Waals surface area (Å²) in [6, 6.07) is 0. The highest BCUT2D eigenvalue weighted by Crippen LogP contribution is 2.42. The molecule has 0 fully saturated rings. The van der Waals surface area contributed by atoms with Crippen molar-refractivity contribution in [3.05, 3.63) is 28.1 Å². The van der Waals surface area contributed by atoms with Crippen molar-refractivity contribution < 1.29 is 10.2 Å². The van der Waals surface area contributed by atoms with E-state index in [0.717, 1.165) is 40.9 Å². The second-order valence-corrected chi connectivity index (χ2v) is 6.83. The van der Waals surface area contributed by atoms with Gasteiger partial charge < -0.3 is 10.2 Å². The zero-order valence-corrected chi connectivity index (χ0v) is 16.6. The Labute approximate surface area is 143 Å². The Balaban J connectivity index is 0.00000112. The van der Waals surface area contributed by atoms with Crippen LogP contribution in [-0.4, -0.2) is 15.2 Å². The standard InChI is InChI=1S/C16H25NO2.2C2H6/c1-9(2)15-11(8-18)10(3)14-12(17-15)6-16(4,5)7-13(14)19;2*1-2/h9,13,18-19H,6-8H2,1-5H3;2*1-2H3. The van der Waals surface area contributed by atoms with Crippen LogP contribution in [0.5, 0.6) is 0 Å². The molecular weight excluding hydrogens is 286 g/mol. The van der Waals surface area contributed by atoms with E-state index in [0.29, 0.717) is 0 Å². The third kappa shape index (κ3) is 5.02. The lowest BCUT2D eigenvalue weighted by Gasteiger charge is -2.36. The van der Waals surface area contributed by atoms with Crippen LogP contribution in [-0.2, 0) is 13.0 Å². The van der Waals surface area contributed by atoms with E-state index in [1.54, 1.807) is 0 Å². The normalized spacial score (nSPS) is 18.3. The van der Waals surface area contributed by atoms with Gasteiger partial charge in [0, 0.05) is 22.5 Å². The van der Waals surface area contributed by atoms with Crippen molar-refractivity contribution in [3.8, 4) is 0 Å². The van der Waals surface area contributed by atoms with Crippen molar-refractivity contribution in [2.45, 2.75) is 93.8 Å². The van der Waals surface area contributed by atoms with Crippen molar-refractivity contribution in [2.75, 3.05) is 0 Å². The third-order valence-electron chi connectivity index (χ3n) is 4.16. The number of hydrogen-bond donors (Lipinski definition) is 2. The van der Waals surface area contributed by atoms with Crippen LogP contribution in [0.2, 0.25) is 0 Å². The first kappa shape index (κ1) is 22.1. The maximum absolute atomic E-state index is 10.4. The molecule has 0 radical (unpaired) electrons. The lowest BCUT2D eigenvalue weighted by molar-refractivity contribution is 0.0970. The molecule has 0 saturated carbocycles. The number of aromatic nitrogens is 1. The predicted octanol–water partition coefficient (Wildman–Crippen LogP) is 5.06. The SMILES string of the molecule is CC.CC.Cc1c(CO)c(C(C)C)nc2c1C(O)CC(C)(C)C2. The summed E-state index contributed by atoms with van der Waals surface area (Å²) in [5.74, 6) is 0.285. The molecule has 0 bridgehead atoms. The van der Waals surface area contributed by atoms with Crippen molar-refractivity contribution in [2.24, 2.45) is 5.41 Å². The van der Waals surface area contributed by atoms with Crippen molar-refractivity contribution in [1.29, 1.82) is 0 Å². The van der Waals surface area contributed by atoms with E-state index in [9.17, 15) is 10.2 Å². The number of nitrogens with zero attached hydrogens (tertiary/aromatic N) is 1. The summed E-state index contributed by atoms with van der Waals surface area (Å²) in [6.07, 6.45) is 1.19. The maximum atomic E-state index is 10.4. The van der Waals surface area contributed by atoms with Gasteiger partial charge in [-0.15, -0.1) is 0 Å². The summed E-state index contributed by atoms with van der Waals surface area (Å²) in [4.78, 5) is 4.77. The summed E-state index contributed by atoms with van der Waals surface area (Å²) in [6.45, 7) is 18.5. The van der Waals surface area contributed by atoms with Crippen LogP contribution < -0.4 is 0 Å². The Morgan fingerprint density at radius 2 is 1.70 bits per heavy atom. The summed E-state index contributed by atoms with van der Waals surface area (Å²) in [5, 5.41) is 20.0. The summed E-state index contributed by atoms with van der Waals surface area (Å²) in [5.41, 5.74) is 4.95. The fraction of sp³-hybridized carbons (Fsp3) is 0.750. The lowest BCUT2D eigenvalue weighted by atomic mass is 9.73. The minimum absolute atomic E-state index is 0.00423. The van der Waals surface area contributed by atoms with Gasteiger partial charge in [-0.3, -0.25) is 4.98 Å². The molecule has 3 nitrogen and oxygen atoms in total.